The van der Waals surface area contributed by atoms with Crippen molar-refractivity contribution in [2.24, 2.45) is 0 Å². The molecular formula is C15H21N. The zero-order valence-electron chi connectivity index (χ0n) is 9.91. The van der Waals surface area contributed by atoms with E-state index in [0.717, 1.165) is 13.0 Å². The molecule has 1 aromatic rings. The van der Waals surface area contributed by atoms with Crippen molar-refractivity contribution in [2.45, 2.75) is 38.1 Å². The molecule has 2 rings (SSSR count). The monoisotopic (exact) mass is 215 g/mol. The molecule has 1 aliphatic carbocycles. The smallest absolute Gasteiger partial charge is 0.0323 e. The van der Waals surface area contributed by atoms with Gasteiger partial charge in [0.15, 0.2) is 0 Å². The average molecular weight is 215 g/mol. The number of fused-ring (bicyclic) bond motifs is 1. The first kappa shape index (κ1) is 11.4. The van der Waals surface area contributed by atoms with Crippen LogP contribution >= 0.6 is 0 Å². The predicted molar refractivity (Wildman–Crippen MR) is 69.6 cm³/mol. The lowest BCUT2D eigenvalue weighted by Gasteiger charge is -2.26. The number of hydrogen-bond acceptors (Lipinski definition) is 1. The van der Waals surface area contributed by atoms with Crippen molar-refractivity contribution in [3.63, 3.8) is 0 Å². The molecule has 1 N–H and O–H groups in total. The van der Waals surface area contributed by atoms with E-state index in [1.165, 1.54) is 36.8 Å². The molecule has 1 unspecified atom stereocenters. The Hall–Kier alpha value is -1.08. The minimum Gasteiger partial charge on any atom is -0.310 e. The minimum atomic E-state index is 0.578. The van der Waals surface area contributed by atoms with Crippen LogP contribution in [0.5, 0.6) is 0 Å². The summed E-state index contributed by atoms with van der Waals surface area (Å²) in [6, 6.07) is 9.43. The third-order valence-corrected chi connectivity index (χ3v) is 3.35. The zero-order chi connectivity index (χ0) is 11.2. The summed E-state index contributed by atoms with van der Waals surface area (Å²) >= 11 is 0. The van der Waals surface area contributed by atoms with Gasteiger partial charge in [-0.3, -0.25) is 0 Å². The summed E-state index contributed by atoms with van der Waals surface area (Å²) in [5, 5.41) is 3.66. The predicted octanol–water partition coefficient (Wildman–Crippen LogP) is 3.62. The molecule has 0 saturated carbocycles. The van der Waals surface area contributed by atoms with Crippen molar-refractivity contribution < 1.29 is 0 Å². The van der Waals surface area contributed by atoms with Crippen LogP contribution in [0.4, 0.5) is 0 Å². The van der Waals surface area contributed by atoms with Crippen LogP contribution in [0.15, 0.2) is 36.9 Å². The Bertz CT molecular complexity index is 343. The van der Waals surface area contributed by atoms with E-state index >= 15 is 0 Å². The SMILES string of the molecule is C=CCCCNC1CCCc2ccccc21. The molecule has 1 nitrogen and oxygen atoms in total. The highest BCUT2D eigenvalue weighted by molar-refractivity contribution is 5.32. The minimum absolute atomic E-state index is 0.578. The Morgan fingerprint density at radius 3 is 3.12 bits per heavy atom. The Balaban J connectivity index is 1.93. The lowest BCUT2D eigenvalue weighted by atomic mass is 9.88. The van der Waals surface area contributed by atoms with Crippen molar-refractivity contribution in [2.75, 3.05) is 6.54 Å². The van der Waals surface area contributed by atoms with Gasteiger partial charge >= 0.3 is 0 Å². The highest BCUT2D eigenvalue weighted by atomic mass is 14.9. The molecule has 0 saturated heterocycles. The van der Waals surface area contributed by atoms with Gasteiger partial charge in [-0.25, -0.2) is 0 Å². The van der Waals surface area contributed by atoms with Crippen LogP contribution in [0.25, 0.3) is 0 Å². The number of nitrogens with one attached hydrogen (secondary N) is 1. The molecule has 1 heteroatoms. The van der Waals surface area contributed by atoms with Crippen LogP contribution in [0.3, 0.4) is 0 Å². The number of aryl methyl sites for hydroxylation is 1. The van der Waals surface area contributed by atoms with Crippen LogP contribution in [0.1, 0.15) is 42.9 Å². The van der Waals surface area contributed by atoms with E-state index in [4.69, 9.17) is 0 Å². The molecular weight excluding hydrogens is 194 g/mol. The zero-order valence-corrected chi connectivity index (χ0v) is 9.91. The summed E-state index contributed by atoms with van der Waals surface area (Å²) in [7, 11) is 0. The standard InChI is InChI=1S/C15H21N/c1-2-3-6-12-16-15-11-7-9-13-8-4-5-10-14(13)15/h2,4-5,8,10,15-16H,1,3,6-7,9,11-12H2. The second-order valence-corrected chi connectivity index (χ2v) is 4.53. The average Bonchev–Trinajstić information content (AvgIpc) is 2.35. The molecule has 86 valence electrons. The molecule has 1 atom stereocenters. The molecule has 0 radical (unpaired) electrons. The van der Waals surface area contributed by atoms with E-state index in [1.807, 2.05) is 6.08 Å². The summed E-state index contributed by atoms with van der Waals surface area (Å²) in [4.78, 5) is 0. The maximum Gasteiger partial charge on any atom is 0.0323 e. The number of hydrogen-bond donors (Lipinski definition) is 1. The molecule has 1 aliphatic rings. The molecule has 1 aromatic carbocycles. The third kappa shape index (κ3) is 2.73. The number of benzene rings is 1. The summed E-state index contributed by atoms with van der Waals surface area (Å²) in [5.74, 6) is 0. The van der Waals surface area contributed by atoms with Crippen molar-refractivity contribution in [1.82, 2.24) is 5.32 Å². The molecule has 0 fully saturated rings. The van der Waals surface area contributed by atoms with Gasteiger partial charge in [-0.05, 0) is 49.8 Å². The number of unbranched alkanes of at least 4 members (excludes halogenated alkanes) is 1. The topological polar surface area (TPSA) is 12.0 Å². The van der Waals surface area contributed by atoms with Gasteiger partial charge in [0.25, 0.3) is 0 Å². The highest BCUT2D eigenvalue weighted by Gasteiger charge is 2.18. The van der Waals surface area contributed by atoms with E-state index in [-0.39, 0.29) is 0 Å². The Morgan fingerprint density at radius 2 is 2.25 bits per heavy atom. The summed E-state index contributed by atoms with van der Waals surface area (Å²) in [6.07, 6.45) is 8.16. The molecule has 0 spiro atoms. The number of allylic oxidation sites excluding steroid dienone is 1. The van der Waals surface area contributed by atoms with Gasteiger partial charge in [-0.2, -0.15) is 0 Å². The summed E-state index contributed by atoms with van der Waals surface area (Å²) < 4.78 is 0. The molecule has 0 aromatic heterocycles. The van der Waals surface area contributed by atoms with E-state index in [2.05, 4.69) is 36.2 Å². The molecule has 0 heterocycles. The Labute approximate surface area is 98.6 Å². The van der Waals surface area contributed by atoms with Crippen LogP contribution in [-0.2, 0) is 6.42 Å². The first-order valence-electron chi connectivity index (χ1n) is 6.34. The van der Waals surface area contributed by atoms with Gasteiger partial charge in [0.1, 0.15) is 0 Å². The normalized spacial score (nSPS) is 19.1. The third-order valence-electron chi connectivity index (χ3n) is 3.35. The molecule has 0 amide bonds. The van der Waals surface area contributed by atoms with Crippen molar-refractivity contribution in [3.05, 3.63) is 48.0 Å². The fourth-order valence-corrected chi connectivity index (χ4v) is 2.49. The first-order chi connectivity index (χ1) is 7.92. The first-order valence-corrected chi connectivity index (χ1v) is 6.34. The van der Waals surface area contributed by atoms with Gasteiger partial charge in [0.05, 0.1) is 0 Å². The Morgan fingerprint density at radius 1 is 1.38 bits per heavy atom. The fraction of sp³-hybridized carbons (Fsp3) is 0.467. The van der Waals surface area contributed by atoms with E-state index in [9.17, 15) is 0 Å². The van der Waals surface area contributed by atoms with Gasteiger partial charge < -0.3 is 5.32 Å². The van der Waals surface area contributed by atoms with Crippen molar-refractivity contribution in [1.29, 1.82) is 0 Å². The summed E-state index contributed by atoms with van der Waals surface area (Å²) in [6.45, 7) is 4.86. The highest BCUT2D eigenvalue weighted by Crippen LogP contribution is 2.29. The van der Waals surface area contributed by atoms with Crippen molar-refractivity contribution >= 4 is 0 Å². The second-order valence-electron chi connectivity index (χ2n) is 4.53. The van der Waals surface area contributed by atoms with Gasteiger partial charge in [0.2, 0.25) is 0 Å². The maximum atomic E-state index is 3.75. The maximum absolute atomic E-state index is 3.75. The van der Waals surface area contributed by atoms with E-state index in [1.54, 1.807) is 0 Å². The van der Waals surface area contributed by atoms with Crippen LogP contribution in [-0.4, -0.2) is 6.54 Å². The molecule has 0 aliphatic heterocycles. The Kier molecular flexibility index (Phi) is 4.17. The van der Waals surface area contributed by atoms with Crippen LogP contribution in [0.2, 0.25) is 0 Å². The molecule has 16 heavy (non-hydrogen) atoms. The summed E-state index contributed by atoms with van der Waals surface area (Å²) in [5.41, 5.74) is 3.06. The van der Waals surface area contributed by atoms with Gasteiger partial charge in [-0.15, -0.1) is 6.58 Å². The fourth-order valence-electron chi connectivity index (χ4n) is 2.49. The van der Waals surface area contributed by atoms with Gasteiger partial charge in [0, 0.05) is 6.04 Å². The largest absolute Gasteiger partial charge is 0.310 e. The van der Waals surface area contributed by atoms with Crippen LogP contribution in [0, 0.1) is 0 Å². The quantitative estimate of drug-likeness (QED) is 0.584. The second kappa shape index (κ2) is 5.86. The lowest BCUT2D eigenvalue weighted by Crippen LogP contribution is -2.25. The van der Waals surface area contributed by atoms with Gasteiger partial charge in [-0.1, -0.05) is 30.3 Å². The lowest BCUT2D eigenvalue weighted by molar-refractivity contribution is 0.457. The molecule has 0 bridgehead atoms. The number of rotatable bonds is 5. The van der Waals surface area contributed by atoms with Crippen molar-refractivity contribution in [3.8, 4) is 0 Å². The van der Waals surface area contributed by atoms with E-state index < -0.39 is 0 Å². The van der Waals surface area contributed by atoms with Crippen LogP contribution < -0.4 is 5.32 Å². The van der Waals surface area contributed by atoms with E-state index in [0.29, 0.717) is 6.04 Å².